The fourth-order valence-electron chi connectivity index (χ4n) is 3.20. The van der Waals surface area contributed by atoms with Crippen LogP contribution in [0.15, 0.2) is 54.9 Å². The Balaban J connectivity index is 1.58. The lowest BCUT2D eigenvalue weighted by Gasteiger charge is -2.16. The molecule has 1 aromatic carbocycles. The quantitative estimate of drug-likeness (QED) is 0.337. The zero-order valence-corrected chi connectivity index (χ0v) is 16.0. The Morgan fingerprint density at radius 3 is 2.59 bits per heavy atom. The molecule has 154 valence electrons. The number of benzene rings is 1. The molecule has 0 amide bonds. The fraction of sp³-hybridized carbons (Fsp3) is 0.381. The molecule has 1 aliphatic heterocycles. The highest BCUT2D eigenvalue weighted by Crippen LogP contribution is 2.26. The van der Waals surface area contributed by atoms with E-state index in [2.05, 4.69) is 0 Å². The summed E-state index contributed by atoms with van der Waals surface area (Å²) >= 11 is 0. The first-order valence-electron chi connectivity index (χ1n) is 9.36. The van der Waals surface area contributed by atoms with Crippen LogP contribution in [0.2, 0.25) is 0 Å². The molecule has 0 bridgehead atoms. The lowest BCUT2D eigenvalue weighted by atomic mass is 10.1. The molecule has 0 spiro atoms. The summed E-state index contributed by atoms with van der Waals surface area (Å²) in [5.74, 6) is -0.751. The molecule has 1 saturated heterocycles. The third-order valence-electron chi connectivity index (χ3n) is 4.85. The number of esters is 1. The SMILES string of the molecule is CC(=O)c1ccc[n+]([C@@H]2O[C@H](COC(=O)[C@@H](N)Cc3ccccc3)[C@@H](O)[C@H]2O)c1. The van der Waals surface area contributed by atoms with Gasteiger partial charge in [-0.15, -0.1) is 0 Å². The van der Waals surface area contributed by atoms with Gasteiger partial charge in [0, 0.05) is 6.07 Å². The number of carbonyl (C=O) groups is 2. The van der Waals surface area contributed by atoms with Crippen molar-refractivity contribution in [3.8, 4) is 0 Å². The van der Waals surface area contributed by atoms with E-state index in [9.17, 15) is 19.8 Å². The maximum Gasteiger partial charge on any atom is 0.323 e. The minimum Gasteiger partial charge on any atom is -0.462 e. The van der Waals surface area contributed by atoms with Gasteiger partial charge in [-0.1, -0.05) is 30.3 Å². The van der Waals surface area contributed by atoms with Gasteiger partial charge in [-0.3, -0.25) is 9.59 Å². The molecule has 2 aromatic rings. The number of hydrogen-bond acceptors (Lipinski definition) is 7. The molecule has 1 aromatic heterocycles. The number of nitrogens with zero attached hydrogens (tertiary/aromatic N) is 1. The number of nitrogens with two attached hydrogens (primary N) is 1. The maximum atomic E-state index is 12.2. The van der Waals surface area contributed by atoms with Crippen molar-refractivity contribution >= 4 is 11.8 Å². The smallest absolute Gasteiger partial charge is 0.323 e. The normalized spacial score (nSPS) is 24.8. The highest BCUT2D eigenvalue weighted by molar-refractivity contribution is 5.93. The Morgan fingerprint density at radius 1 is 1.17 bits per heavy atom. The van der Waals surface area contributed by atoms with E-state index in [1.165, 1.54) is 17.7 Å². The molecule has 1 aliphatic rings. The van der Waals surface area contributed by atoms with Crippen LogP contribution < -0.4 is 10.3 Å². The van der Waals surface area contributed by atoms with Crippen LogP contribution in [0.3, 0.4) is 0 Å². The number of carbonyl (C=O) groups excluding carboxylic acids is 2. The van der Waals surface area contributed by atoms with Crippen LogP contribution >= 0.6 is 0 Å². The molecule has 0 radical (unpaired) electrons. The summed E-state index contributed by atoms with van der Waals surface area (Å²) < 4.78 is 12.4. The van der Waals surface area contributed by atoms with Gasteiger partial charge in [0.25, 0.3) is 6.23 Å². The molecule has 8 heteroatoms. The highest BCUT2D eigenvalue weighted by atomic mass is 16.6. The summed E-state index contributed by atoms with van der Waals surface area (Å²) in [4.78, 5) is 23.7. The van der Waals surface area contributed by atoms with Crippen LogP contribution in [0.25, 0.3) is 0 Å². The molecule has 1 fully saturated rings. The van der Waals surface area contributed by atoms with Gasteiger partial charge in [-0.05, 0) is 25.0 Å². The Kier molecular flexibility index (Phi) is 6.71. The van der Waals surface area contributed by atoms with E-state index in [1.54, 1.807) is 18.3 Å². The average Bonchev–Trinajstić information content (AvgIpc) is 3.01. The van der Waals surface area contributed by atoms with E-state index in [-0.39, 0.29) is 12.4 Å². The fourth-order valence-corrected chi connectivity index (χ4v) is 3.20. The van der Waals surface area contributed by atoms with Gasteiger partial charge in [0.15, 0.2) is 24.3 Å². The number of aromatic nitrogens is 1. The van der Waals surface area contributed by atoms with Gasteiger partial charge in [-0.2, -0.15) is 4.57 Å². The van der Waals surface area contributed by atoms with E-state index in [4.69, 9.17) is 15.2 Å². The van der Waals surface area contributed by atoms with Crippen molar-refractivity contribution < 1.29 is 33.8 Å². The number of Topliss-reactive ketones (excluding diaryl/α,β-unsaturated/α-hetero) is 1. The summed E-state index contributed by atoms with van der Waals surface area (Å²) in [7, 11) is 0. The molecule has 3 rings (SSSR count). The van der Waals surface area contributed by atoms with Gasteiger partial charge < -0.3 is 25.4 Å². The number of hydrogen-bond donors (Lipinski definition) is 3. The molecule has 0 saturated carbocycles. The molecule has 8 nitrogen and oxygen atoms in total. The molecule has 5 atom stereocenters. The van der Waals surface area contributed by atoms with Crippen LogP contribution in [0.4, 0.5) is 0 Å². The van der Waals surface area contributed by atoms with Gasteiger partial charge >= 0.3 is 5.97 Å². The van der Waals surface area contributed by atoms with Crippen molar-refractivity contribution in [2.75, 3.05) is 6.61 Å². The Hall–Kier alpha value is -2.65. The summed E-state index contributed by atoms with van der Waals surface area (Å²) in [5.41, 5.74) is 7.25. The van der Waals surface area contributed by atoms with Crippen LogP contribution in [0, 0.1) is 0 Å². The van der Waals surface area contributed by atoms with Crippen LogP contribution in [-0.2, 0) is 20.7 Å². The first-order valence-corrected chi connectivity index (χ1v) is 9.36. The predicted octanol–water partition coefficient (Wildman–Crippen LogP) is -0.0909. The van der Waals surface area contributed by atoms with Gasteiger partial charge in [0.2, 0.25) is 0 Å². The Bertz CT molecular complexity index is 859. The van der Waals surface area contributed by atoms with Crippen molar-refractivity contribution in [1.29, 1.82) is 0 Å². The van der Waals surface area contributed by atoms with Gasteiger partial charge in [-0.25, -0.2) is 0 Å². The minimum atomic E-state index is -1.26. The summed E-state index contributed by atoms with van der Waals surface area (Å²) in [5, 5.41) is 20.6. The first kappa shape index (κ1) is 21.1. The van der Waals surface area contributed by atoms with Gasteiger partial charge in [0.05, 0.1) is 5.56 Å². The van der Waals surface area contributed by atoms with E-state index >= 15 is 0 Å². The lowest BCUT2D eigenvalue weighted by Crippen LogP contribution is -2.46. The van der Waals surface area contributed by atoms with E-state index in [1.807, 2.05) is 30.3 Å². The predicted molar refractivity (Wildman–Crippen MR) is 102 cm³/mol. The van der Waals surface area contributed by atoms with E-state index in [0.717, 1.165) is 5.56 Å². The van der Waals surface area contributed by atoms with Crippen LogP contribution in [0.5, 0.6) is 0 Å². The zero-order valence-electron chi connectivity index (χ0n) is 16.0. The third-order valence-corrected chi connectivity index (χ3v) is 4.85. The zero-order chi connectivity index (χ0) is 21.0. The number of aliphatic hydroxyl groups is 2. The molecule has 0 aliphatic carbocycles. The number of ether oxygens (including phenoxy) is 2. The minimum absolute atomic E-state index is 0.134. The number of ketones is 1. The van der Waals surface area contributed by atoms with Crippen LogP contribution in [0.1, 0.15) is 29.1 Å². The van der Waals surface area contributed by atoms with Crippen molar-refractivity contribution in [2.24, 2.45) is 5.73 Å². The monoisotopic (exact) mass is 401 g/mol. The summed E-state index contributed by atoms with van der Waals surface area (Å²) in [6.45, 7) is 1.18. The van der Waals surface area contributed by atoms with Crippen LogP contribution in [-0.4, -0.2) is 52.9 Å². The molecule has 0 unspecified atom stereocenters. The second kappa shape index (κ2) is 9.23. The molecule has 2 heterocycles. The largest absolute Gasteiger partial charge is 0.462 e. The highest BCUT2D eigenvalue weighted by Gasteiger charge is 2.48. The second-order valence-electron chi connectivity index (χ2n) is 7.07. The second-order valence-corrected chi connectivity index (χ2v) is 7.07. The third kappa shape index (κ3) is 5.04. The number of pyridine rings is 1. The first-order chi connectivity index (χ1) is 13.9. The van der Waals surface area contributed by atoms with E-state index in [0.29, 0.717) is 12.0 Å². The lowest BCUT2D eigenvalue weighted by molar-refractivity contribution is -0.765. The molecular weight excluding hydrogens is 376 g/mol. The van der Waals surface area contributed by atoms with Crippen molar-refractivity contribution in [3.63, 3.8) is 0 Å². The topological polar surface area (TPSA) is 123 Å². The summed E-state index contributed by atoms with van der Waals surface area (Å²) in [6, 6.07) is 11.8. The summed E-state index contributed by atoms with van der Waals surface area (Å²) in [6.07, 6.45) is -0.852. The van der Waals surface area contributed by atoms with Crippen molar-refractivity contribution in [3.05, 3.63) is 66.0 Å². The van der Waals surface area contributed by atoms with E-state index < -0.39 is 36.6 Å². The maximum absolute atomic E-state index is 12.2. The van der Waals surface area contributed by atoms with Crippen molar-refractivity contribution in [1.82, 2.24) is 0 Å². The Morgan fingerprint density at radius 2 is 1.90 bits per heavy atom. The molecule has 4 N–H and O–H groups in total. The van der Waals surface area contributed by atoms with Crippen molar-refractivity contribution in [2.45, 2.75) is 43.9 Å². The molecule has 29 heavy (non-hydrogen) atoms. The average molecular weight is 401 g/mol. The number of aliphatic hydroxyl groups excluding tert-OH is 2. The van der Waals surface area contributed by atoms with Gasteiger partial charge in [0.1, 0.15) is 24.9 Å². The molecular formula is C21H25N2O6+. The number of rotatable bonds is 7. The Labute approximate surface area is 168 Å². The standard InChI is InChI=1S/C21H25N2O6/c1-13(24)15-8-5-9-23(11-15)20-19(26)18(25)17(29-20)12-28-21(27)16(22)10-14-6-3-2-4-7-14/h2-9,11,16-20,25-26H,10,12,22H2,1H3/q+1/t16-,17+,18+,19+,20+/m0/s1.